The van der Waals surface area contributed by atoms with Crippen LogP contribution in [-0.2, 0) is 5.41 Å². The van der Waals surface area contributed by atoms with Gasteiger partial charge in [-0.15, -0.1) is 0 Å². The molecule has 0 amide bonds. The molecule has 11 aromatic carbocycles. The van der Waals surface area contributed by atoms with Crippen molar-refractivity contribution in [2.24, 2.45) is 0 Å². The molecule has 0 fully saturated rings. The lowest BCUT2D eigenvalue weighted by atomic mass is 9.67. The number of furan rings is 3. The maximum absolute atomic E-state index is 7.30. The first-order chi connectivity index (χ1) is 35.2. The van der Waals surface area contributed by atoms with Gasteiger partial charge in [-0.3, -0.25) is 0 Å². The molecule has 4 nitrogen and oxygen atoms in total. The van der Waals surface area contributed by atoms with Gasteiger partial charge in [0.1, 0.15) is 33.5 Å². The number of hydrogen-bond donors (Lipinski definition) is 0. The number of nitrogens with zero attached hydrogens (tertiary/aromatic N) is 1. The molecule has 71 heavy (non-hydrogen) atoms. The molecular formula is C67H41NO3. The Morgan fingerprint density at radius 3 is 1.69 bits per heavy atom. The summed E-state index contributed by atoms with van der Waals surface area (Å²) < 4.78 is 20.9. The van der Waals surface area contributed by atoms with Crippen molar-refractivity contribution in [2.45, 2.75) is 5.41 Å². The number of rotatable bonds is 7. The minimum atomic E-state index is -0.587. The number of para-hydroxylation sites is 3. The van der Waals surface area contributed by atoms with Crippen LogP contribution in [0.25, 0.3) is 99.2 Å². The van der Waals surface area contributed by atoms with Crippen LogP contribution in [0.4, 0.5) is 17.1 Å². The van der Waals surface area contributed by atoms with Crippen LogP contribution in [0.5, 0.6) is 0 Å². The van der Waals surface area contributed by atoms with Crippen LogP contribution in [-0.4, -0.2) is 0 Å². The average Bonchev–Trinajstić information content (AvgIpc) is 4.20. The number of anilines is 3. The van der Waals surface area contributed by atoms with Gasteiger partial charge in [0.25, 0.3) is 0 Å². The normalized spacial score (nSPS) is 12.9. The van der Waals surface area contributed by atoms with Crippen molar-refractivity contribution in [3.63, 3.8) is 0 Å². The summed E-state index contributed by atoms with van der Waals surface area (Å²) in [5.41, 5.74) is 18.8. The Balaban J connectivity index is 1.05. The van der Waals surface area contributed by atoms with E-state index in [9.17, 15) is 0 Å². The van der Waals surface area contributed by atoms with Gasteiger partial charge in [-0.25, -0.2) is 0 Å². The number of hydrogen-bond acceptors (Lipinski definition) is 4. The van der Waals surface area contributed by atoms with E-state index in [0.717, 1.165) is 105 Å². The summed E-state index contributed by atoms with van der Waals surface area (Å²) in [4.78, 5) is 2.43. The van der Waals surface area contributed by atoms with Crippen molar-refractivity contribution >= 4 is 82.9 Å². The van der Waals surface area contributed by atoms with E-state index in [1.807, 2.05) is 24.3 Å². The average molecular weight is 908 g/mol. The lowest BCUT2D eigenvalue weighted by Crippen LogP contribution is -2.28. The zero-order chi connectivity index (χ0) is 46.6. The van der Waals surface area contributed by atoms with Gasteiger partial charge in [-0.05, 0) is 99.1 Å². The van der Waals surface area contributed by atoms with Crippen LogP contribution in [0.3, 0.4) is 0 Å². The van der Waals surface area contributed by atoms with Gasteiger partial charge >= 0.3 is 0 Å². The molecule has 0 bridgehead atoms. The van der Waals surface area contributed by atoms with Gasteiger partial charge in [0, 0.05) is 49.4 Å². The van der Waals surface area contributed by atoms with E-state index in [0.29, 0.717) is 0 Å². The molecule has 0 atom stereocenters. The van der Waals surface area contributed by atoms with Crippen LogP contribution in [0.2, 0.25) is 0 Å². The Labute approximate surface area is 408 Å². The largest absolute Gasteiger partial charge is 0.456 e. The van der Waals surface area contributed by atoms with E-state index >= 15 is 0 Å². The highest BCUT2D eigenvalue weighted by molar-refractivity contribution is 6.27. The topological polar surface area (TPSA) is 42.7 Å². The van der Waals surface area contributed by atoms with Gasteiger partial charge < -0.3 is 18.2 Å². The molecule has 1 aliphatic rings. The third-order valence-electron chi connectivity index (χ3n) is 14.9. The monoisotopic (exact) mass is 907 g/mol. The van der Waals surface area contributed by atoms with Crippen LogP contribution in [0, 0.1) is 0 Å². The summed E-state index contributed by atoms with van der Waals surface area (Å²) >= 11 is 0. The maximum atomic E-state index is 7.30. The Hall–Kier alpha value is -9.38. The predicted octanol–water partition coefficient (Wildman–Crippen LogP) is 18.6. The summed E-state index contributed by atoms with van der Waals surface area (Å²) in [6.45, 7) is 0. The van der Waals surface area contributed by atoms with E-state index in [-0.39, 0.29) is 0 Å². The van der Waals surface area contributed by atoms with E-state index in [4.69, 9.17) is 13.3 Å². The zero-order valence-corrected chi connectivity index (χ0v) is 38.3. The Morgan fingerprint density at radius 1 is 0.310 bits per heavy atom. The molecule has 3 aromatic heterocycles. The van der Waals surface area contributed by atoms with Crippen molar-refractivity contribution in [2.75, 3.05) is 4.90 Å². The highest BCUT2D eigenvalue weighted by Crippen LogP contribution is 2.58. The highest BCUT2D eigenvalue weighted by Gasteiger charge is 2.46. The van der Waals surface area contributed by atoms with Crippen molar-refractivity contribution in [1.82, 2.24) is 0 Å². The number of benzene rings is 11. The quantitative estimate of drug-likeness (QED) is 0.160. The number of fused-ring (bicyclic) bond motifs is 12. The molecule has 1 aliphatic carbocycles. The second kappa shape index (κ2) is 15.3. The molecule has 0 saturated carbocycles. The first kappa shape index (κ1) is 39.6. The Bertz CT molecular complexity index is 4370. The first-order valence-electron chi connectivity index (χ1n) is 24.2. The fourth-order valence-electron chi connectivity index (χ4n) is 12.0. The molecule has 14 aromatic rings. The molecule has 332 valence electrons. The SMILES string of the molecule is c1ccc(-c2cccc(N(c3ccc4c(c3)C(c3ccccc3)(c3ccccc3)c3ccccc3-4)c3cccc4oc5c(-c6cccc7c6oc6ccccc67)c6c(cc5c34)oc3ccccc36)c2)cc1. The van der Waals surface area contributed by atoms with E-state index < -0.39 is 5.41 Å². The molecule has 15 rings (SSSR count). The van der Waals surface area contributed by atoms with Crippen molar-refractivity contribution in [3.05, 3.63) is 271 Å². The third-order valence-corrected chi connectivity index (χ3v) is 14.9. The van der Waals surface area contributed by atoms with E-state index in [1.54, 1.807) is 0 Å². The van der Waals surface area contributed by atoms with Gasteiger partial charge in [0.15, 0.2) is 0 Å². The zero-order valence-electron chi connectivity index (χ0n) is 38.3. The maximum Gasteiger partial charge on any atom is 0.144 e. The summed E-state index contributed by atoms with van der Waals surface area (Å²) in [7, 11) is 0. The van der Waals surface area contributed by atoms with Gasteiger partial charge in [0.2, 0.25) is 0 Å². The van der Waals surface area contributed by atoms with Gasteiger partial charge in [0.05, 0.1) is 16.5 Å². The fourth-order valence-corrected chi connectivity index (χ4v) is 12.0. The second-order valence-electron chi connectivity index (χ2n) is 18.6. The molecule has 0 N–H and O–H groups in total. The predicted molar refractivity (Wildman–Crippen MR) is 291 cm³/mol. The molecule has 3 heterocycles. The van der Waals surface area contributed by atoms with Crippen LogP contribution in [0.1, 0.15) is 22.3 Å². The summed E-state index contributed by atoms with van der Waals surface area (Å²) in [6.07, 6.45) is 0. The first-order valence-corrected chi connectivity index (χ1v) is 24.2. The van der Waals surface area contributed by atoms with Crippen molar-refractivity contribution < 1.29 is 13.3 Å². The third kappa shape index (κ3) is 5.73. The van der Waals surface area contributed by atoms with E-state index in [1.165, 1.54) is 33.4 Å². The molecule has 4 heteroatoms. The van der Waals surface area contributed by atoms with Crippen LogP contribution < -0.4 is 4.90 Å². The minimum Gasteiger partial charge on any atom is -0.456 e. The molecule has 0 aliphatic heterocycles. The molecule has 0 unspecified atom stereocenters. The summed E-state index contributed by atoms with van der Waals surface area (Å²) in [5.74, 6) is 0. The lowest BCUT2D eigenvalue weighted by molar-refractivity contribution is 0.662. The van der Waals surface area contributed by atoms with Gasteiger partial charge in [-0.1, -0.05) is 194 Å². The Morgan fingerprint density at radius 2 is 0.887 bits per heavy atom. The lowest BCUT2D eigenvalue weighted by Gasteiger charge is -2.35. The molecule has 0 saturated heterocycles. The van der Waals surface area contributed by atoms with Crippen LogP contribution in [0.15, 0.2) is 262 Å². The highest BCUT2D eigenvalue weighted by atomic mass is 16.3. The molecular weight excluding hydrogens is 867 g/mol. The minimum absolute atomic E-state index is 0.587. The molecule has 0 radical (unpaired) electrons. The van der Waals surface area contributed by atoms with Gasteiger partial charge in [-0.2, -0.15) is 0 Å². The standard InChI is InChI=1S/C67H41NO3/c1-4-19-42(20-5-1)43-21-16-26-46(39-43)68(47-37-38-49-48-27-10-13-32-55(48)67(56(49)40-47,44-22-6-2-7-23-44)45-24-8-3-9-25-45)57-33-18-36-60-62(57)54-41-61-63(52-29-12-15-35-59(52)69-61)64(66(54)71-60)53-31-17-30-51-50-28-11-14-34-58(50)70-65(51)53/h1-41H. The smallest absolute Gasteiger partial charge is 0.144 e. The van der Waals surface area contributed by atoms with Crippen LogP contribution >= 0.6 is 0 Å². The molecule has 0 spiro atoms. The Kier molecular flexibility index (Phi) is 8.54. The fraction of sp³-hybridized carbons (Fsp3) is 0.0149. The van der Waals surface area contributed by atoms with Crippen molar-refractivity contribution in [1.29, 1.82) is 0 Å². The van der Waals surface area contributed by atoms with Crippen molar-refractivity contribution in [3.8, 4) is 33.4 Å². The summed E-state index contributed by atoms with van der Waals surface area (Å²) in [6, 6.07) is 89.2. The van der Waals surface area contributed by atoms with E-state index in [2.05, 4.69) is 229 Å². The second-order valence-corrected chi connectivity index (χ2v) is 18.6. The summed E-state index contributed by atoms with van der Waals surface area (Å²) in [5, 5.41) is 6.07.